The van der Waals surface area contributed by atoms with E-state index in [1.54, 1.807) is 10.7 Å². The number of carbonyl (C=O) groups excluding carboxylic acids is 3. The van der Waals surface area contributed by atoms with Gasteiger partial charge in [0.1, 0.15) is 29.0 Å². The zero-order valence-electron chi connectivity index (χ0n) is 37.9. The molecule has 8 heterocycles. The highest BCUT2D eigenvalue weighted by atomic mass is 16.2. The van der Waals surface area contributed by atoms with E-state index in [2.05, 4.69) is 77.4 Å². The average Bonchev–Trinajstić information content (AvgIpc) is 4.12. The van der Waals surface area contributed by atoms with Crippen molar-refractivity contribution in [1.29, 1.82) is 5.26 Å². The van der Waals surface area contributed by atoms with Crippen LogP contribution in [0.5, 0.6) is 0 Å². The van der Waals surface area contributed by atoms with E-state index in [1.807, 2.05) is 30.7 Å². The molecule has 1 aromatic carbocycles. The third kappa shape index (κ3) is 7.84. The monoisotopic (exact) mass is 889 g/mol. The van der Waals surface area contributed by atoms with Crippen LogP contribution in [-0.4, -0.2) is 116 Å². The van der Waals surface area contributed by atoms with E-state index in [0.717, 1.165) is 138 Å². The molecule has 1 atom stereocenters. The SMILES string of the molecule is CCC1(C(=O)NC2CCC2)CCN(c2ccc(-c3nc(-c4cnn(C5CCC(N6CCN(c7ccc8c(c7)CCN8[C@@H]7CCC(=O)NC7=O)CC6)CC5)c4)cn4ncc(C#N)c34)cn2)CC1. The molecule has 3 amide bonds. The Morgan fingerprint density at radius 1 is 0.848 bits per heavy atom. The number of imide groups is 1. The van der Waals surface area contributed by atoms with Crippen LogP contribution in [0.4, 0.5) is 17.2 Å². The van der Waals surface area contributed by atoms with Gasteiger partial charge in [0.05, 0.1) is 41.4 Å². The van der Waals surface area contributed by atoms with Crippen LogP contribution < -0.4 is 25.3 Å². The number of carbonyl (C=O) groups is 3. The van der Waals surface area contributed by atoms with Gasteiger partial charge >= 0.3 is 0 Å². The Morgan fingerprint density at radius 3 is 2.36 bits per heavy atom. The maximum absolute atomic E-state index is 13.3. The summed E-state index contributed by atoms with van der Waals surface area (Å²) in [5.74, 6) is 0.748. The fourth-order valence-electron chi connectivity index (χ4n) is 11.6. The summed E-state index contributed by atoms with van der Waals surface area (Å²) in [7, 11) is 0. The molecule has 4 aromatic heterocycles. The van der Waals surface area contributed by atoms with Gasteiger partial charge in [-0.1, -0.05) is 6.92 Å². The van der Waals surface area contributed by atoms with Crippen molar-refractivity contribution in [2.24, 2.45) is 5.41 Å². The molecule has 16 nitrogen and oxygen atoms in total. The maximum atomic E-state index is 13.3. The second-order valence-corrected chi connectivity index (χ2v) is 19.5. The minimum atomic E-state index is -0.317. The number of pyridine rings is 1. The van der Waals surface area contributed by atoms with Crippen LogP contribution in [0.25, 0.3) is 28.0 Å². The predicted octanol–water partition coefficient (Wildman–Crippen LogP) is 5.67. The molecule has 4 aliphatic heterocycles. The Hall–Kier alpha value is -6.34. The van der Waals surface area contributed by atoms with Crippen molar-refractivity contribution in [2.75, 3.05) is 60.5 Å². The van der Waals surface area contributed by atoms with E-state index < -0.39 is 0 Å². The molecule has 0 unspecified atom stereocenters. The summed E-state index contributed by atoms with van der Waals surface area (Å²) in [6, 6.07) is 14.0. The zero-order chi connectivity index (χ0) is 44.9. The van der Waals surface area contributed by atoms with Crippen LogP contribution in [0.15, 0.2) is 61.3 Å². The number of anilines is 3. The molecule has 66 heavy (non-hydrogen) atoms. The van der Waals surface area contributed by atoms with Gasteiger partial charge in [0, 0.05) is 99.2 Å². The zero-order valence-corrected chi connectivity index (χ0v) is 37.9. The number of hydrogen-bond acceptors (Lipinski definition) is 12. The summed E-state index contributed by atoms with van der Waals surface area (Å²) in [6.45, 7) is 8.54. The molecule has 2 saturated carbocycles. The molecule has 342 valence electrons. The number of benzene rings is 1. The van der Waals surface area contributed by atoms with Gasteiger partial charge in [-0.05, 0) is 113 Å². The number of nitrogens with one attached hydrogen (secondary N) is 2. The summed E-state index contributed by atoms with van der Waals surface area (Å²) in [4.78, 5) is 57.3. The number of aromatic nitrogens is 6. The van der Waals surface area contributed by atoms with Crippen molar-refractivity contribution < 1.29 is 14.4 Å². The second kappa shape index (κ2) is 17.5. The summed E-state index contributed by atoms with van der Waals surface area (Å²) in [5.41, 5.74) is 7.54. The van der Waals surface area contributed by atoms with E-state index >= 15 is 0 Å². The fourth-order valence-corrected chi connectivity index (χ4v) is 11.6. The molecular weight excluding hydrogens is 831 g/mol. The van der Waals surface area contributed by atoms with Gasteiger partial charge in [-0.25, -0.2) is 14.5 Å². The maximum Gasteiger partial charge on any atom is 0.249 e. The number of hydrogen-bond donors (Lipinski definition) is 2. The van der Waals surface area contributed by atoms with E-state index in [-0.39, 0.29) is 29.2 Å². The van der Waals surface area contributed by atoms with Crippen LogP contribution in [0.2, 0.25) is 0 Å². The van der Waals surface area contributed by atoms with Gasteiger partial charge in [0.15, 0.2) is 0 Å². The lowest BCUT2D eigenvalue weighted by Gasteiger charge is -2.42. The van der Waals surface area contributed by atoms with E-state index in [9.17, 15) is 19.6 Å². The van der Waals surface area contributed by atoms with Gasteiger partial charge in [-0.15, -0.1) is 0 Å². The summed E-state index contributed by atoms with van der Waals surface area (Å²) >= 11 is 0. The van der Waals surface area contributed by atoms with Crippen LogP contribution in [0.1, 0.15) is 101 Å². The number of nitrogens with zero attached hydrogens (tertiary/aromatic N) is 11. The number of amides is 3. The largest absolute Gasteiger partial charge is 0.369 e. The molecule has 5 aromatic rings. The van der Waals surface area contributed by atoms with E-state index in [0.29, 0.717) is 47.7 Å². The quantitative estimate of drug-likeness (QED) is 0.165. The van der Waals surface area contributed by atoms with Crippen molar-refractivity contribution in [3.05, 3.63) is 72.4 Å². The van der Waals surface area contributed by atoms with Gasteiger partial charge in [-0.2, -0.15) is 15.5 Å². The molecule has 16 heteroatoms. The third-order valence-electron chi connectivity index (χ3n) is 16.0. The summed E-state index contributed by atoms with van der Waals surface area (Å²) in [6.07, 6.45) is 21.4. The normalized spacial score (nSPS) is 23.6. The highest BCUT2D eigenvalue weighted by molar-refractivity contribution is 6.02. The van der Waals surface area contributed by atoms with E-state index in [4.69, 9.17) is 15.1 Å². The van der Waals surface area contributed by atoms with Crippen molar-refractivity contribution in [3.8, 4) is 28.6 Å². The topological polar surface area (TPSA) is 173 Å². The minimum Gasteiger partial charge on any atom is -0.369 e. The van der Waals surface area contributed by atoms with Gasteiger partial charge in [-0.3, -0.25) is 29.3 Å². The molecule has 0 spiro atoms. The van der Waals surface area contributed by atoms with Crippen LogP contribution in [0, 0.1) is 16.7 Å². The highest BCUT2D eigenvalue weighted by Crippen LogP contribution is 2.39. The first-order chi connectivity index (χ1) is 32.3. The predicted molar refractivity (Wildman–Crippen MR) is 251 cm³/mol. The summed E-state index contributed by atoms with van der Waals surface area (Å²) < 4.78 is 3.87. The van der Waals surface area contributed by atoms with Crippen molar-refractivity contribution in [1.82, 2.24) is 44.9 Å². The molecule has 0 radical (unpaired) electrons. The third-order valence-corrected chi connectivity index (χ3v) is 16.0. The van der Waals surface area contributed by atoms with Crippen LogP contribution in [-0.2, 0) is 20.8 Å². The van der Waals surface area contributed by atoms with Crippen LogP contribution in [0.3, 0.4) is 0 Å². The Bertz CT molecular complexity index is 2670. The molecular formula is C50H59N13O3. The molecule has 2 aliphatic carbocycles. The van der Waals surface area contributed by atoms with Crippen molar-refractivity contribution in [3.63, 3.8) is 0 Å². The number of fused-ring (bicyclic) bond motifs is 2. The number of piperidine rings is 2. The molecule has 5 fully saturated rings. The van der Waals surface area contributed by atoms with E-state index in [1.165, 1.54) is 17.7 Å². The lowest BCUT2D eigenvalue weighted by Crippen LogP contribution is -2.52. The number of nitriles is 1. The van der Waals surface area contributed by atoms with Crippen molar-refractivity contribution >= 4 is 40.4 Å². The first-order valence-electron chi connectivity index (χ1n) is 24.3. The molecule has 11 rings (SSSR count). The van der Waals surface area contributed by atoms with Crippen molar-refractivity contribution in [2.45, 2.75) is 115 Å². The second-order valence-electron chi connectivity index (χ2n) is 19.5. The van der Waals surface area contributed by atoms with Gasteiger partial charge in [0.2, 0.25) is 17.7 Å². The Balaban J connectivity index is 0.712. The number of rotatable bonds is 10. The molecule has 6 aliphatic rings. The first-order valence-corrected chi connectivity index (χ1v) is 24.3. The molecule has 2 N–H and O–H groups in total. The van der Waals surface area contributed by atoms with Gasteiger partial charge < -0.3 is 20.0 Å². The smallest absolute Gasteiger partial charge is 0.249 e. The highest BCUT2D eigenvalue weighted by Gasteiger charge is 2.41. The molecule has 0 bridgehead atoms. The standard InChI is InChI=1S/C50H59N13O3/c1-2-50(49(66)55-37-4-3-5-37)17-20-60(21-18-50)44-14-6-34(28-52-44)46-47-35(27-51)29-54-63(47)32-41(56-46)36-30-53-62(31-36)39-9-7-38(8-10-39)58-22-24-59(25-23-58)40-11-12-42-33(26-40)16-19-61(42)43-13-15-45(64)57-48(43)65/h6,11-12,14,26,28-32,37-39,43H,2-5,7-10,13,15-25H2,1H3,(H,55,66)(H,57,64,65)/t38?,39?,43-/m1/s1. The Morgan fingerprint density at radius 2 is 1.65 bits per heavy atom. The Kier molecular flexibility index (Phi) is 11.2. The van der Waals surface area contributed by atoms with Crippen LogP contribution >= 0.6 is 0 Å². The lowest BCUT2D eigenvalue weighted by molar-refractivity contribution is -0.135. The average molecular weight is 890 g/mol. The first kappa shape index (κ1) is 42.3. The van der Waals surface area contributed by atoms with Gasteiger partial charge in [0.25, 0.3) is 0 Å². The molecule has 3 saturated heterocycles. The summed E-state index contributed by atoms with van der Waals surface area (Å²) in [5, 5.41) is 25.3. The lowest BCUT2D eigenvalue weighted by atomic mass is 9.74. The fraction of sp³-hybridized carbons (Fsp3) is 0.520. The Labute approximate surface area is 385 Å². The number of piperazine rings is 1. The minimum absolute atomic E-state index is 0.173.